The van der Waals surface area contributed by atoms with Crippen LogP contribution in [0.15, 0.2) is 24.3 Å². The lowest BCUT2D eigenvalue weighted by Gasteiger charge is -2.22. The lowest BCUT2D eigenvalue weighted by atomic mass is 10.1. The minimum atomic E-state index is -0.564. The molecule has 0 fully saturated rings. The highest BCUT2D eigenvalue weighted by Crippen LogP contribution is 2.13. The number of hydrogen-bond donors (Lipinski definition) is 2. The molecule has 0 aliphatic heterocycles. The van der Waals surface area contributed by atoms with Gasteiger partial charge in [-0.15, -0.1) is 0 Å². The summed E-state index contributed by atoms with van der Waals surface area (Å²) in [6.45, 7) is 8.68. The molecule has 0 aliphatic carbocycles. The summed E-state index contributed by atoms with van der Waals surface area (Å²) in [5.41, 5.74) is 0.665. The number of carbonyl (C=O) groups is 1. The summed E-state index contributed by atoms with van der Waals surface area (Å²) in [6, 6.07) is 7.02. The molecule has 0 aromatic heterocycles. The lowest BCUT2D eigenvalue weighted by molar-refractivity contribution is 0.0983. The van der Waals surface area contributed by atoms with Gasteiger partial charge in [0.1, 0.15) is 18.5 Å². The lowest BCUT2D eigenvalue weighted by Crippen LogP contribution is -2.42. The van der Waals surface area contributed by atoms with Crippen molar-refractivity contribution in [3.05, 3.63) is 29.8 Å². The van der Waals surface area contributed by atoms with E-state index in [4.69, 9.17) is 4.74 Å². The van der Waals surface area contributed by atoms with Gasteiger partial charge in [0.05, 0.1) is 0 Å². The van der Waals surface area contributed by atoms with E-state index in [1.165, 1.54) is 0 Å². The Bertz CT molecular complexity index is 420. The maximum Gasteiger partial charge on any atom is 0.162 e. The van der Waals surface area contributed by atoms with Crippen molar-refractivity contribution in [1.29, 1.82) is 0 Å². The first kappa shape index (κ1) is 16.7. The molecule has 2 N–H and O–H groups in total. The van der Waals surface area contributed by atoms with Crippen LogP contribution >= 0.6 is 0 Å². The first-order chi connectivity index (χ1) is 9.31. The second-order valence-electron chi connectivity index (χ2n) is 5.90. The summed E-state index contributed by atoms with van der Waals surface area (Å²) in [4.78, 5) is 11.5. The molecule has 4 nitrogen and oxygen atoms in total. The fourth-order valence-electron chi connectivity index (χ4n) is 1.62. The van der Waals surface area contributed by atoms with Gasteiger partial charge in [0, 0.05) is 24.1 Å². The molecule has 0 unspecified atom stereocenters. The Labute approximate surface area is 121 Å². The van der Waals surface area contributed by atoms with Crippen molar-refractivity contribution >= 4 is 5.78 Å². The van der Waals surface area contributed by atoms with Crippen molar-refractivity contribution < 1.29 is 14.6 Å². The number of hydrogen-bond acceptors (Lipinski definition) is 4. The fraction of sp³-hybridized carbons (Fsp3) is 0.562. The molecular weight excluding hydrogens is 254 g/mol. The largest absolute Gasteiger partial charge is 0.491 e. The molecule has 1 atom stereocenters. The highest BCUT2D eigenvalue weighted by atomic mass is 16.5. The van der Waals surface area contributed by atoms with Crippen molar-refractivity contribution in [1.82, 2.24) is 5.32 Å². The van der Waals surface area contributed by atoms with Crippen molar-refractivity contribution in [3.8, 4) is 5.75 Å². The maximum atomic E-state index is 11.5. The van der Waals surface area contributed by atoms with Crippen LogP contribution in [-0.4, -0.2) is 35.7 Å². The van der Waals surface area contributed by atoms with E-state index in [-0.39, 0.29) is 17.9 Å². The Morgan fingerprint density at radius 1 is 1.30 bits per heavy atom. The zero-order valence-electron chi connectivity index (χ0n) is 12.8. The molecule has 0 aliphatic rings. The first-order valence-corrected chi connectivity index (χ1v) is 7.01. The Balaban J connectivity index is 2.40. The first-order valence-electron chi connectivity index (χ1n) is 7.01. The van der Waals surface area contributed by atoms with Crippen LogP contribution in [0.3, 0.4) is 0 Å². The minimum Gasteiger partial charge on any atom is -0.491 e. The number of ketones is 1. The standard InChI is InChI=1S/C16H25NO3/c1-5-15(19)12-6-8-14(9-7-12)20-11-13(18)10-17-16(2,3)4/h6-9,13,17-18H,5,10-11H2,1-4H3/t13-/m0/s1. The van der Waals surface area contributed by atoms with Crippen LogP contribution in [0.4, 0.5) is 0 Å². The van der Waals surface area contributed by atoms with Crippen molar-refractivity contribution in [3.63, 3.8) is 0 Å². The number of benzene rings is 1. The summed E-state index contributed by atoms with van der Waals surface area (Å²) in [5.74, 6) is 0.776. The second-order valence-corrected chi connectivity index (χ2v) is 5.90. The average molecular weight is 279 g/mol. The molecule has 0 heterocycles. The zero-order chi connectivity index (χ0) is 15.2. The number of carbonyl (C=O) groups excluding carboxylic acids is 1. The second kappa shape index (κ2) is 7.41. The molecule has 1 aromatic carbocycles. The monoisotopic (exact) mass is 279 g/mol. The van der Waals surface area contributed by atoms with E-state index in [0.29, 0.717) is 24.3 Å². The van der Waals surface area contributed by atoms with Crippen LogP contribution < -0.4 is 10.1 Å². The smallest absolute Gasteiger partial charge is 0.162 e. The maximum absolute atomic E-state index is 11.5. The molecule has 20 heavy (non-hydrogen) atoms. The summed E-state index contributed by atoms with van der Waals surface area (Å²) < 4.78 is 5.50. The number of rotatable bonds is 7. The van der Waals surface area contributed by atoms with Crippen molar-refractivity contribution in [2.45, 2.75) is 45.8 Å². The average Bonchev–Trinajstić information content (AvgIpc) is 2.41. The third-order valence-electron chi connectivity index (χ3n) is 2.81. The molecule has 0 bridgehead atoms. The summed E-state index contributed by atoms with van der Waals surface area (Å²) >= 11 is 0. The summed E-state index contributed by atoms with van der Waals surface area (Å²) in [6.07, 6.45) is -0.0663. The predicted molar refractivity (Wildman–Crippen MR) is 80.3 cm³/mol. The van der Waals surface area contributed by atoms with Gasteiger partial charge in [-0.1, -0.05) is 6.92 Å². The normalized spacial score (nSPS) is 13.1. The number of ether oxygens (including phenoxy) is 1. The van der Waals surface area contributed by atoms with Gasteiger partial charge in [0.2, 0.25) is 0 Å². The van der Waals surface area contributed by atoms with E-state index in [2.05, 4.69) is 5.32 Å². The van der Waals surface area contributed by atoms with E-state index < -0.39 is 6.10 Å². The highest BCUT2D eigenvalue weighted by molar-refractivity contribution is 5.95. The van der Waals surface area contributed by atoms with Crippen molar-refractivity contribution in [2.24, 2.45) is 0 Å². The van der Waals surface area contributed by atoms with Crippen molar-refractivity contribution in [2.75, 3.05) is 13.2 Å². The highest BCUT2D eigenvalue weighted by Gasteiger charge is 2.12. The van der Waals surface area contributed by atoms with E-state index >= 15 is 0 Å². The quantitative estimate of drug-likeness (QED) is 0.753. The molecule has 1 rings (SSSR count). The van der Waals surface area contributed by atoms with Crippen LogP contribution in [-0.2, 0) is 0 Å². The van der Waals surface area contributed by atoms with Crippen LogP contribution in [0.25, 0.3) is 0 Å². The van der Waals surface area contributed by atoms with Gasteiger partial charge >= 0.3 is 0 Å². The van der Waals surface area contributed by atoms with Crippen LogP contribution in [0.2, 0.25) is 0 Å². The Kier molecular flexibility index (Phi) is 6.17. The number of Topliss-reactive ketones (excluding diaryl/α,β-unsaturated/α-hetero) is 1. The summed E-state index contributed by atoms with van der Waals surface area (Å²) in [7, 11) is 0. The van der Waals surface area contributed by atoms with Crippen LogP contribution in [0.5, 0.6) is 5.75 Å². The van der Waals surface area contributed by atoms with Gasteiger partial charge in [-0.05, 0) is 45.0 Å². The van der Waals surface area contributed by atoms with Crippen LogP contribution in [0.1, 0.15) is 44.5 Å². The molecule has 112 valence electrons. The van der Waals surface area contributed by atoms with Crippen LogP contribution in [0, 0.1) is 0 Å². The van der Waals surface area contributed by atoms with E-state index in [9.17, 15) is 9.90 Å². The Morgan fingerprint density at radius 3 is 2.40 bits per heavy atom. The minimum absolute atomic E-state index is 0.0247. The Morgan fingerprint density at radius 2 is 1.90 bits per heavy atom. The number of nitrogens with one attached hydrogen (secondary N) is 1. The predicted octanol–water partition coefficient (Wildman–Crippen LogP) is 2.41. The third kappa shape index (κ3) is 6.17. The van der Waals surface area contributed by atoms with Gasteiger partial charge in [0.15, 0.2) is 5.78 Å². The van der Waals surface area contributed by atoms with Gasteiger partial charge in [-0.25, -0.2) is 0 Å². The van der Waals surface area contributed by atoms with Gasteiger partial charge < -0.3 is 15.2 Å². The topological polar surface area (TPSA) is 58.6 Å². The van der Waals surface area contributed by atoms with E-state index in [0.717, 1.165) is 0 Å². The molecule has 0 amide bonds. The molecule has 4 heteroatoms. The third-order valence-corrected chi connectivity index (χ3v) is 2.81. The SMILES string of the molecule is CCC(=O)c1ccc(OC[C@@H](O)CNC(C)(C)C)cc1. The number of β-amino-alcohol motifs (C(OH)–C–C–N with tert-alkyl or cyclic N) is 1. The molecular formula is C16H25NO3. The van der Waals surface area contributed by atoms with E-state index in [1.807, 2.05) is 27.7 Å². The molecule has 0 saturated carbocycles. The molecule has 0 radical (unpaired) electrons. The fourth-order valence-corrected chi connectivity index (χ4v) is 1.62. The number of aliphatic hydroxyl groups excluding tert-OH is 1. The van der Waals surface area contributed by atoms with Gasteiger partial charge in [-0.2, -0.15) is 0 Å². The summed E-state index contributed by atoms with van der Waals surface area (Å²) in [5, 5.41) is 13.0. The molecule has 1 aromatic rings. The van der Waals surface area contributed by atoms with E-state index in [1.54, 1.807) is 24.3 Å². The van der Waals surface area contributed by atoms with Gasteiger partial charge in [-0.3, -0.25) is 4.79 Å². The van der Waals surface area contributed by atoms with Gasteiger partial charge in [0.25, 0.3) is 0 Å². The molecule has 0 spiro atoms. The molecule has 0 saturated heterocycles. The Hall–Kier alpha value is -1.39. The zero-order valence-corrected chi connectivity index (χ0v) is 12.8. The number of aliphatic hydroxyl groups is 1.